The summed E-state index contributed by atoms with van der Waals surface area (Å²) in [5.41, 5.74) is 6.26. The van der Waals surface area contributed by atoms with Crippen molar-refractivity contribution in [3.05, 3.63) is 73.9 Å². The van der Waals surface area contributed by atoms with Crippen LogP contribution in [0.2, 0.25) is 0 Å². The molecule has 0 spiro atoms. The SMILES string of the molecule is COC(=O)C1=C(c2ccccc2)S/C(=C2\C(=S)C(C)(C)Nc3c(C)cc(C)cc32)S1. The highest BCUT2D eigenvalue weighted by molar-refractivity contribution is 8.32. The molecule has 2 heterocycles. The normalized spacial score (nSPS) is 20.1. The molecule has 0 aliphatic carbocycles. The van der Waals surface area contributed by atoms with Crippen LogP contribution in [0.5, 0.6) is 0 Å². The van der Waals surface area contributed by atoms with Crippen LogP contribution in [0, 0.1) is 13.8 Å². The predicted molar refractivity (Wildman–Crippen MR) is 134 cm³/mol. The van der Waals surface area contributed by atoms with E-state index < -0.39 is 0 Å². The molecule has 0 bridgehead atoms. The molecule has 2 aliphatic heterocycles. The standard InChI is InChI=1S/C24H23NO2S3/c1-13-11-14(2)18-16(12-13)17(21(28)24(3,4)25-18)23-29-19(15-9-7-6-8-10-15)20(30-23)22(26)27-5/h6-12,25H,1-5H3/b23-17+. The number of ether oxygens (including phenoxy) is 1. The lowest BCUT2D eigenvalue weighted by Gasteiger charge is -2.38. The molecular formula is C24H23NO2S3. The number of anilines is 1. The van der Waals surface area contributed by atoms with E-state index >= 15 is 0 Å². The first-order valence-corrected chi connectivity index (χ1v) is 11.7. The molecule has 2 aliphatic rings. The molecule has 0 unspecified atom stereocenters. The zero-order valence-corrected chi connectivity index (χ0v) is 20.0. The largest absolute Gasteiger partial charge is 0.465 e. The number of carbonyl (C=O) groups is 1. The summed E-state index contributed by atoms with van der Waals surface area (Å²) in [6.07, 6.45) is 0. The van der Waals surface area contributed by atoms with Crippen LogP contribution in [-0.4, -0.2) is 23.5 Å². The first kappa shape index (κ1) is 21.2. The minimum atomic E-state index is -0.368. The fraction of sp³-hybridized carbons (Fsp3) is 0.250. The third kappa shape index (κ3) is 3.61. The van der Waals surface area contributed by atoms with Gasteiger partial charge in [-0.15, -0.1) is 0 Å². The van der Waals surface area contributed by atoms with E-state index in [0.29, 0.717) is 4.91 Å². The molecule has 4 rings (SSSR count). The summed E-state index contributed by atoms with van der Waals surface area (Å²) in [5, 5.41) is 3.62. The van der Waals surface area contributed by atoms with Gasteiger partial charge in [-0.25, -0.2) is 4.79 Å². The molecule has 154 valence electrons. The quantitative estimate of drug-likeness (QED) is 0.315. The van der Waals surface area contributed by atoms with Gasteiger partial charge in [0.2, 0.25) is 0 Å². The molecule has 30 heavy (non-hydrogen) atoms. The highest BCUT2D eigenvalue weighted by atomic mass is 32.2. The van der Waals surface area contributed by atoms with E-state index in [0.717, 1.165) is 36.4 Å². The Bertz CT molecular complexity index is 1130. The van der Waals surface area contributed by atoms with E-state index in [1.165, 1.54) is 30.0 Å². The Balaban J connectivity index is 1.92. The van der Waals surface area contributed by atoms with Crippen molar-refractivity contribution < 1.29 is 9.53 Å². The van der Waals surface area contributed by atoms with E-state index in [1.807, 2.05) is 30.3 Å². The monoisotopic (exact) mass is 453 g/mol. The number of thioether (sulfide) groups is 2. The van der Waals surface area contributed by atoms with Crippen molar-refractivity contribution in [2.24, 2.45) is 0 Å². The smallest absolute Gasteiger partial charge is 0.345 e. The van der Waals surface area contributed by atoms with E-state index in [9.17, 15) is 4.79 Å². The van der Waals surface area contributed by atoms with Crippen molar-refractivity contribution in [2.75, 3.05) is 12.4 Å². The molecule has 2 aromatic rings. The fourth-order valence-corrected chi connectivity index (χ4v) is 6.86. The summed E-state index contributed by atoms with van der Waals surface area (Å²) in [5.74, 6) is -0.318. The van der Waals surface area contributed by atoms with Crippen LogP contribution < -0.4 is 5.32 Å². The van der Waals surface area contributed by atoms with Crippen LogP contribution in [0.15, 0.2) is 51.6 Å². The third-order valence-corrected chi connectivity index (χ3v) is 8.53. The number of hydrogen-bond donors (Lipinski definition) is 1. The second-order valence-electron chi connectivity index (χ2n) is 7.97. The lowest BCUT2D eigenvalue weighted by molar-refractivity contribution is -0.135. The summed E-state index contributed by atoms with van der Waals surface area (Å²) < 4.78 is 6.13. The van der Waals surface area contributed by atoms with Gasteiger partial charge in [0.15, 0.2) is 0 Å². The van der Waals surface area contributed by atoms with Crippen LogP contribution in [0.25, 0.3) is 10.5 Å². The van der Waals surface area contributed by atoms with Gasteiger partial charge in [-0.05, 0) is 44.9 Å². The Labute approximate surface area is 191 Å². The summed E-state index contributed by atoms with van der Waals surface area (Å²) in [4.78, 5) is 15.0. The molecule has 0 radical (unpaired) electrons. The van der Waals surface area contributed by atoms with Crippen LogP contribution >= 0.6 is 35.7 Å². The molecule has 2 aromatic carbocycles. The number of thiocarbonyl (C=S) groups is 1. The van der Waals surface area contributed by atoms with Crippen LogP contribution in [0.1, 0.15) is 36.1 Å². The molecule has 0 amide bonds. The average Bonchev–Trinajstić information content (AvgIpc) is 3.15. The van der Waals surface area contributed by atoms with Crippen molar-refractivity contribution in [1.82, 2.24) is 0 Å². The molecule has 0 saturated carbocycles. The number of methoxy groups -OCH3 is 1. The maximum atomic E-state index is 12.6. The van der Waals surface area contributed by atoms with Gasteiger partial charge in [-0.1, -0.05) is 77.7 Å². The van der Waals surface area contributed by atoms with Gasteiger partial charge in [0.1, 0.15) is 4.91 Å². The number of fused-ring (bicyclic) bond motifs is 1. The van der Waals surface area contributed by atoms with E-state index in [1.54, 1.807) is 11.8 Å². The van der Waals surface area contributed by atoms with Gasteiger partial charge in [0.25, 0.3) is 0 Å². The first-order chi connectivity index (χ1) is 14.2. The molecule has 0 saturated heterocycles. The minimum Gasteiger partial charge on any atom is -0.465 e. The van der Waals surface area contributed by atoms with Gasteiger partial charge in [0, 0.05) is 26.6 Å². The van der Waals surface area contributed by atoms with Crippen molar-refractivity contribution in [2.45, 2.75) is 33.2 Å². The highest BCUT2D eigenvalue weighted by Gasteiger charge is 2.39. The zero-order valence-electron chi connectivity index (χ0n) is 17.6. The second kappa shape index (κ2) is 7.91. The van der Waals surface area contributed by atoms with Gasteiger partial charge in [0.05, 0.1) is 16.9 Å². The number of rotatable bonds is 2. The Morgan fingerprint density at radius 1 is 1.10 bits per heavy atom. The summed E-state index contributed by atoms with van der Waals surface area (Å²) in [7, 11) is 1.43. The molecular weight excluding hydrogens is 430 g/mol. The van der Waals surface area contributed by atoms with E-state index in [4.69, 9.17) is 17.0 Å². The Morgan fingerprint density at radius 3 is 2.47 bits per heavy atom. The summed E-state index contributed by atoms with van der Waals surface area (Å²) in [6.45, 7) is 8.43. The molecule has 1 N–H and O–H groups in total. The highest BCUT2D eigenvalue weighted by Crippen LogP contribution is 2.58. The van der Waals surface area contributed by atoms with Crippen LogP contribution in [-0.2, 0) is 9.53 Å². The van der Waals surface area contributed by atoms with Gasteiger partial charge >= 0.3 is 5.97 Å². The number of carbonyl (C=O) groups excluding carboxylic acids is 1. The van der Waals surface area contributed by atoms with Gasteiger partial charge in [-0.2, -0.15) is 0 Å². The number of esters is 1. The summed E-state index contributed by atoms with van der Waals surface area (Å²) >= 11 is 9.04. The van der Waals surface area contributed by atoms with E-state index in [-0.39, 0.29) is 11.5 Å². The van der Waals surface area contributed by atoms with Crippen molar-refractivity contribution in [3.63, 3.8) is 0 Å². The zero-order chi connectivity index (χ0) is 21.6. The van der Waals surface area contributed by atoms with E-state index in [2.05, 4.69) is 45.1 Å². The topological polar surface area (TPSA) is 38.3 Å². The number of aryl methyl sites for hydroxylation is 2. The molecule has 6 heteroatoms. The third-order valence-electron chi connectivity index (χ3n) is 5.19. The maximum Gasteiger partial charge on any atom is 0.345 e. The number of benzene rings is 2. The van der Waals surface area contributed by atoms with Crippen molar-refractivity contribution >= 4 is 62.7 Å². The maximum absolute atomic E-state index is 12.6. The predicted octanol–water partition coefficient (Wildman–Crippen LogP) is 6.57. The van der Waals surface area contributed by atoms with Gasteiger partial charge in [-0.3, -0.25) is 0 Å². The lowest BCUT2D eigenvalue weighted by atomic mass is 9.84. The minimum absolute atomic E-state index is 0.318. The second-order valence-corrected chi connectivity index (χ2v) is 10.7. The van der Waals surface area contributed by atoms with Crippen molar-refractivity contribution in [1.29, 1.82) is 0 Å². The first-order valence-electron chi connectivity index (χ1n) is 9.65. The molecule has 0 fully saturated rings. The van der Waals surface area contributed by atoms with Crippen LogP contribution in [0.4, 0.5) is 5.69 Å². The Kier molecular flexibility index (Phi) is 5.60. The molecule has 3 nitrogen and oxygen atoms in total. The number of nitrogens with one attached hydrogen (secondary N) is 1. The van der Waals surface area contributed by atoms with Crippen molar-refractivity contribution in [3.8, 4) is 0 Å². The van der Waals surface area contributed by atoms with Gasteiger partial charge < -0.3 is 10.1 Å². The van der Waals surface area contributed by atoms with Crippen LogP contribution in [0.3, 0.4) is 0 Å². The Morgan fingerprint density at radius 2 is 1.80 bits per heavy atom. The molecule has 0 aromatic heterocycles. The average molecular weight is 454 g/mol. The molecule has 0 atom stereocenters. The Hall–Kier alpha value is -2.02. The fourth-order valence-electron chi connectivity index (χ4n) is 3.75. The lowest BCUT2D eigenvalue weighted by Crippen LogP contribution is -2.43. The summed E-state index contributed by atoms with van der Waals surface area (Å²) in [6, 6.07) is 14.3. The number of hydrogen-bond acceptors (Lipinski definition) is 6.